The molecule has 0 aliphatic rings. The van der Waals surface area contributed by atoms with Crippen LogP contribution in [0.3, 0.4) is 0 Å². The summed E-state index contributed by atoms with van der Waals surface area (Å²) >= 11 is 0. The molecule has 1 amide bonds. The van der Waals surface area contributed by atoms with Crippen LogP contribution >= 0.6 is 0 Å². The van der Waals surface area contributed by atoms with Gasteiger partial charge in [-0.15, -0.1) is 0 Å². The highest BCUT2D eigenvalue weighted by atomic mass is 16.1. The summed E-state index contributed by atoms with van der Waals surface area (Å²) in [5.74, 6) is 0.743. The van der Waals surface area contributed by atoms with Crippen LogP contribution in [-0.2, 0) is 4.79 Å². The van der Waals surface area contributed by atoms with Crippen LogP contribution in [0.1, 0.15) is 47.5 Å². The Bertz CT molecular complexity index is 100. The smallest absolute Gasteiger partial charge is 0.216 e. The van der Waals surface area contributed by atoms with Crippen LogP contribution in [0.25, 0.3) is 0 Å². The van der Waals surface area contributed by atoms with Crippen LogP contribution in [0.2, 0.25) is 0 Å². The van der Waals surface area contributed by atoms with Gasteiger partial charge in [-0.3, -0.25) is 4.79 Å². The molecule has 0 unspecified atom stereocenters. The number of rotatable bonds is 3. The van der Waals surface area contributed by atoms with E-state index in [2.05, 4.69) is 33.0 Å². The fourth-order valence-corrected chi connectivity index (χ4v) is 0.537. The normalized spacial score (nSPS) is 8.83. The molecule has 2 nitrogen and oxygen atoms in total. The second kappa shape index (κ2) is 10.5. The highest BCUT2D eigenvalue weighted by molar-refractivity contribution is 5.72. The van der Waals surface area contributed by atoms with E-state index in [9.17, 15) is 4.79 Å². The van der Waals surface area contributed by atoms with Crippen LogP contribution in [0.5, 0.6) is 0 Å². The van der Waals surface area contributed by atoms with Gasteiger partial charge in [0.25, 0.3) is 0 Å². The largest absolute Gasteiger partial charge is 0.356 e. The third-order valence-electron chi connectivity index (χ3n) is 1.10. The molecule has 0 bridgehead atoms. The zero-order chi connectivity index (χ0) is 9.98. The average Bonchev–Trinajstić information content (AvgIpc) is 1.87. The summed E-state index contributed by atoms with van der Waals surface area (Å²) in [5.41, 5.74) is 0. The third-order valence-corrected chi connectivity index (χ3v) is 1.10. The Morgan fingerprint density at radius 3 is 2.00 bits per heavy atom. The lowest BCUT2D eigenvalue weighted by Crippen LogP contribution is -2.21. The molecule has 0 atom stereocenters. The molecular formula is C10H23NO. The lowest BCUT2D eigenvalue weighted by molar-refractivity contribution is -0.118. The molecule has 0 spiro atoms. The van der Waals surface area contributed by atoms with Crippen molar-refractivity contribution in [1.29, 1.82) is 0 Å². The molecule has 0 fully saturated rings. The first-order valence-corrected chi connectivity index (χ1v) is 4.78. The van der Waals surface area contributed by atoms with Gasteiger partial charge in [-0.05, 0) is 12.3 Å². The van der Waals surface area contributed by atoms with Crippen LogP contribution in [-0.4, -0.2) is 12.5 Å². The summed E-state index contributed by atoms with van der Waals surface area (Å²) < 4.78 is 0. The van der Waals surface area contributed by atoms with Crippen LogP contribution < -0.4 is 5.32 Å². The fourth-order valence-electron chi connectivity index (χ4n) is 0.537. The first-order chi connectivity index (χ1) is 5.54. The third kappa shape index (κ3) is 22.7. The zero-order valence-electron chi connectivity index (χ0n) is 9.11. The van der Waals surface area contributed by atoms with Crippen LogP contribution in [0, 0.1) is 5.92 Å². The monoisotopic (exact) mass is 173 g/mol. The van der Waals surface area contributed by atoms with E-state index in [1.807, 2.05) is 0 Å². The highest BCUT2D eigenvalue weighted by Crippen LogP contribution is 1.95. The number of carbonyl (C=O) groups excluding carboxylic acids is 1. The minimum absolute atomic E-state index is 0.0654. The van der Waals surface area contributed by atoms with Crippen molar-refractivity contribution >= 4 is 5.91 Å². The molecule has 0 radical (unpaired) electrons. The molecule has 12 heavy (non-hydrogen) atoms. The van der Waals surface area contributed by atoms with Gasteiger partial charge in [0.1, 0.15) is 0 Å². The van der Waals surface area contributed by atoms with Crippen molar-refractivity contribution in [2.24, 2.45) is 5.92 Å². The van der Waals surface area contributed by atoms with Gasteiger partial charge in [-0.2, -0.15) is 0 Å². The Kier molecular flexibility index (Phi) is 12.2. The summed E-state index contributed by atoms with van der Waals surface area (Å²) in [6.07, 6.45) is 2.32. The van der Waals surface area contributed by atoms with E-state index in [1.165, 1.54) is 6.42 Å². The van der Waals surface area contributed by atoms with Crippen molar-refractivity contribution in [3.05, 3.63) is 0 Å². The van der Waals surface area contributed by atoms with Crippen molar-refractivity contribution in [3.63, 3.8) is 0 Å². The molecule has 0 aromatic carbocycles. The predicted molar refractivity (Wildman–Crippen MR) is 54.1 cm³/mol. The minimum atomic E-state index is 0.0654. The molecule has 0 aliphatic heterocycles. The standard InChI is InChI=1S/C7H15NO.C3H8/c1-6(2)4-5-8-7(3)9;1-3-2/h6H,4-5H2,1-3H3,(H,8,9);3H2,1-2H3. The maximum atomic E-state index is 10.3. The topological polar surface area (TPSA) is 29.1 Å². The fraction of sp³-hybridized carbons (Fsp3) is 0.900. The maximum Gasteiger partial charge on any atom is 0.216 e. The van der Waals surface area contributed by atoms with Crippen molar-refractivity contribution in [1.82, 2.24) is 5.32 Å². The summed E-state index contributed by atoms with van der Waals surface area (Å²) in [5, 5.41) is 2.74. The SMILES string of the molecule is CC(=O)NCCC(C)C.CCC. The molecule has 0 rings (SSSR count). The Balaban J connectivity index is 0. The summed E-state index contributed by atoms with van der Waals surface area (Å²) in [4.78, 5) is 10.3. The van der Waals surface area contributed by atoms with E-state index in [0.29, 0.717) is 5.92 Å². The molecular weight excluding hydrogens is 150 g/mol. The molecule has 0 aromatic heterocycles. The van der Waals surface area contributed by atoms with E-state index in [1.54, 1.807) is 6.92 Å². The Morgan fingerprint density at radius 2 is 1.75 bits per heavy atom. The number of carbonyl (C=O) groups is 1. The number of hydrogen-bond donors (Lipinski definition) is 1. The van der Waals surface area contributed by atoms with Crippen molar-refractivity contribution in [2.75, 3.05) is 6.54 Å². The highest BCUT2D eigenvalue weighted by Gasteiger charge is 1.93. The molecule has 74 valence electrons. The zero-order valence-corrected chi connectivity index (χ0v) is 9.11. The van der Waals surface area contributed by atoms with Crippen molar-refractivity contribution in [2.45, 2.75) is 47.5 Å². The van der Waals surface area contributed by atoms with E-state index in [0.717, 1.165) is 13.0 Å². The molecule has 0 heterocycles. The lowest BCUT2D eigenvalue weighted by Gasteiger charge is -2.03. The second-order valence-electron chi connectivity index (χ2n) is 3.37. The molecule has 0 aliphatic carbocycles. The summed E-state index contributed by atoms with van der Waals surface area (Å²) in [6.45, 7) is 10.9. The quantitative estimate of drug-likeness (QED) is 0.698. The van der Waals surface area contributed by atoms with Crippen LogP contribution in [0.15, 0.2) is 0 Å². The van der Waals surface area contributed by atoms with Gasteiger partial charge < -0.3 is 5.32 Å². The number of nitrogens with one attached hydrogen (secondary N) is 1. The van der Waals surface area contributed by atoms with Gasteiger partial charge in [0, 0.05) is 13.5 Å². The molecule has 2 heteroatoms. The Morgan fingerprint density at radius 1 is 1.33 bits per heavy atom. The van der Waals surface area contributed by atoms with Gasteiger partial charge in [-0.1, -0.05) is 34.1 Å². The van der Waals surface area contributed by atoms with Gasteiger partial charge >= 0.3 is 0 Å². The molecule has 0 saturated heterocycles. The van der Waals surface area contributed by atoms with Crippen molar-refractivity contribution < 1.29 is 4.79 Å². The summed E-state index contributed by atoms with van der Waals surface area (Å²) in [6, 6.07) is 0. The maximum absolute atomic E-state index is 10.3. The summed E-state index contributed by atoms with van der Waals surface area (Å²) in [7, 11) is 0. The van der Waals surface area contributed by atoms with E-state index >= 15 is 0 Å². The lowest BCUT2D eigenvalue weighted by atomic mass is 10.1. The van der Waals surface area contributed by atoms with E-state index in [4.69, 9.17) is 0 Å². The number of amides is 1. The van der Waals surface area contributed by atoms with Crippen molar-refractivity contribution in [3.8, 4) is 0 Å². The number of hydrogen-bond acceptors (Lipinski definition) is 1. The predicted octanol–water partition coefficient (Wildman–Crippen LogP) is 2.58. The Hall–Kier alpha value is -0.530. The minimum Gasteiger partial charge on any atom is -0.356 e. The Labute approximate surface area is 76.7 Å². The van der Waals surface area contributed by atoms with Gasteiger partial charge in [0.05, 0.1) is 0 Å². The average molecular weight is 173 g/mol. The molecule has 1 N–H and O–H groups in total. The van der Waals surface area contributed by atoms with Gasteiger partial charge in [0.2, 0.25) is 5.91 Å². The first kappa shape index (κ1) is 14.0. The van der Waals surface area contributed by atoms with Gasteiger partial charge in [0.15, 0.2) is 0 Å². The first-order valence-electron chi connectivity index (χ1n) is 4.78. The van der Waals surface area contributed by atoms with E-state index in [-0.39, 0.29) is 5.91 Å². The van der Waals surface area contributed by atoms with Gasteiger partial charge in [-0.25, -0.2) is 0 Å². The molecule has 0 aromatic rings. The second-order valence-corrected chi connectivity index (χ2v) is 3.37. The van der Waals surface area contributed by atoms with E-state index < -0.39 is 0 Å². The molecule has 0 saturated carbocycles. The van der Waals surface area contributed by atoms with Crippen LogP contribution in [0.4, 0.5) is 0 Å².